The molecule has 0 saturated carbocycles. The van der Waals surface area contributed by atoms with Gasteiger partial charge in [-0.3, -0.25) is 9.10 Å². The first-order chi connectivity index (χ1) is 14.6. The van der Waals surface area contributed by atoms with Gasteiger partial charge in [-0.05, 0) is 36.4 Å². The van der Waals surface area contributed by atoms with E-state index < -0.39 is 20.0 Å². The second kappa shape index (κ2) is 9.21. The lowest BCUT2D eigenvalue weighted by Gasteiger charge is -2.34. The molecule has 2 aromatic rings. The predicted molar refractivity (Wildman–Crippen MR) is 120 cm³/mol. The van der Waals surface area contributed by atoms with Gasteiger partial charge in [0.2, 0.25) is 20.0 Å². The fourth-order valence-corrected chi connectivity index (χ4v) is 5.70. The number of anilines is 1. The zero-order valence-corrected chi connectivity index (χ0v) is 18.8. The molecule has 0 bridgehead atoms. The van der Waals surface area contributed by atoms with Crippen molar-refractivity contribution in [1.82, 2.24) is 9.21 Å². The summed E-state index contributed by atoms with van der Waals surface area (Å²) in [5.74, 6) is -0.224. The van der Waals surface area contributed by atoms with Gasteiger partial charge < -0.3 is 4.90 Å². The second-order valence-electron chi connectivity index (χ2n) is 7.14. The van der Waals surface area contributed by atoms with Gasteiger partial charge in [0.25, 0.3) is 5.91 Å². The number of hydrogen-bond acceptors (Lipinski definition) is 5. The molecule has 166 valence electrons. The van der Waals surface area contributed by atoms with E-state index in [1.54, 1.807) is 59.5 Å². The number of nitrogens with zero attached hydrogens (tertiary/aromatic N) is 3. The molecule has 31 heavy (non-hydrogen) atoms. The molecule has 0 atom stereocenters. The molecule has 0 aromatic heterocycles. The van der Waals surface area contributed by atoms with Crippen LogP contribution in [0.3, 0.4) is 0 Å². The fraction of sp³-hybridized carbons (Fsp3) is 0.286. The molecule has 1 aliphatic heterocycles. The highest BCUT2D eigenvalue weighted by Gasteiger charge is 2.30. The monoisotopic (exact) mass is 463 g/mol. The van der Waals surface area contributed by atoms with Crippen LogP contribution in [0, 0.1) is 0 Å². The molecule has 0 unspecified atom stereocenters. The lowest BCUT2D eigenvalue weighted by molar-refractivity contribution is 0.0698. The molecule has 1 saturated heterocycles. The Kier molecular flexibility index (Phi) is 6.83. The molecule has 3 rings (SSSR count). The predicted octanol–water partition coefficient (Wildman–Crippen LogP) is 1.79. The largest absolute Gasteiger partial charge is 0.336 e. The zero-order valence-electron chi connectivity index (χ0n) is 17.2. The molecule has 0 N–H and O–H groups in total. The summed E-state index contributed by atoms with van der Waals surface area (Å²) in [6.07, 6.45) is 2.60. The van der Waals surface area contributed by atoms with Crippen molar-refractivity contribution < 1.29 is 21.6 Å². The molecule has 1 heterocycles. The average molecular weight is 464 g/mol. The minimum atomic E-state index is -3.59. The van der Waals surface area contributed by atoms with Gasteiger partial charge in [0.1, 0.15) is 0 Å². The van der Waals surface area contributed by atoms with Crippen LogP contribution in [0.25, 0.3) is 0 Å². The van der Waals surface area contributed by atoms with Crippen molar-refractivity contribution in [1.29, 1.82) is 0 Å². The van der Waals surface area contributed by atoms with E-state index in [9.17, 15) is 21.6 Å². The summed E-state index contributed by atoms with van der Waals surface area (Å²) in [6.45, 7) is 4.68. The number of hydrogen-bond donors (Lipinski definition) is 0. The highest BCUT2D eigenvalue weighted by atomic mass is 32.2. The Balaban J connectivity index is 1.68. The lowest BCUT2D eigenvalue weighted by Crippen LogP contribution is -2.50. The Bertz CT molecular complexity index is 1140. The van der Waals surface area contributed by atoms with Gasteiger partial charge in [0.05, 0.1) is 23.4 Å². The number of carbonyl (C=O) groups excluding carboxylic acids is 1. The van der Waals surface area contributed by atoms with Crippen LogP contribution in [0.1, 0.15) is 10.4 Å². The Labute approximate surface area is 183 Å². The van der Waals surface area contributed by atoms with Gasteiger partial charge in [-0.2, -0.15) is 4.31 Å². The van der Waals surface area contributed by atoms with E-state index in [0.29, 0.717) is 11.3 Å². The molecule has 0 aliphatic carbocycles. The van der Waals surface area contributed by atoms with Gasteiger partial charge in [-0.1, -0.05) is 24.3 Å². The van der Waals surface area contributed by atoms with E-state index in [-0.39, 0.29) is 43.5 Å². The minimum Gasteiger partial charge on any atom is -0.336 e. The van der Waals surface area contributed by atoms with Crippen molar-refractivity contribution in [3.63, 3.8) is 0 Å². The molecular formula is C21H25N3O5S2. The first kappa shape index (κ1) is 23.0. The summed E-state index contributed by atoms with van der Waals surface area (Å²) in [5, 5.41) is 0. The van der Waals surface area contributed by atoms with Crippen molar-refractivity contribution in [2.75, 3.05) is 43.3 Å². The first-order valence-corrected chi connectivity index (χ1v) is 13.0. The van der Waals surface area contributed by atoms with Crippen LogP contribution in [-0.2, 0) is 20.0 Å². The Morgan fingerprint density at radius 3 is 2.06 bits per heavy atom. The summed E-state index contributed by atoms with van der Waals surface area (Å²) >= 11 is 0. The molecule has 1 aliphatic rings. The van der Waals surface area contributed by atoms with Crippen LogP contribution < -0.4 is 4.31 Å². The van der Waals surface area contributed by atoms with Crippen LogP contribution in [0.15, 0.2) is 72.1 Å². The summed E-state index contributed by atoms with van der Waals surface area (Å²) < 4.78 is 51.9. The third-order valence-corrected chi connectivity index (χ3v) is 8.08. The van der Waals surface area contributed by atoms with Gasteiger partial charge in [-0.15, -0.1) is 6.58 Å². The number of benzene rings is 2. The third kappa shape index (κ3) is 5.15. The van der Waals surface area contributed by atoms with Crippen LogP contribution in [0.2, 0.25) is 0 Å². The average Bonchev–Trinajstić information content (AvgIpc) is 2.77. The molecule has 2 aromatic carbocycles. The minimum absolute atomic E-state index is 0.129. The fourth-order valence-electron chi connectivity index (χ4n) is 3.38. The molecule has 8 nitrogen and oxygen atoms in total. The van der Waals surface area contributed by atoms with Crippen LogP contribution in [0.5, 0.6) is 0 Å². The van der Waals surface area contributed by atoms with Gasteiger partial charge in [0.15, 0.2) is 0 Å². The van der Waals surface area contributed by atoms with E-state index >= 15 is 0 Å². The third-order valence-electron chi connectivity index (χ3n) is 5.00. The van der Waals surface area contributed by atoms with Crippen molar-refractivity contribution in [2.24, 2.45) is 0 Å². The highest BCUT2D eigenvalue weighted by molar-refractivity contribution is 7.92. The van der Waals surface area contributed by atoms with Crippen LogP contribution >= 0.6 is 0 Å². The van der Waals surface area contributed by atoms with Crippen LogP contribution in [-0.4, -0.2) is 70.9 Å². The summed E-state index contributed by atoms with van der Waals surface area (Å²) in [5.41, 5.74) is 0.855. The normalized spacial score (nSPS) is 15.5. The van der Waals surface area contributed by atoms with Crippen molar-refractivity contribution in [3.8, 4) is 0 Å². The number of sulfonamides is 2. The summed E-state index contributed by atoms with van der Waals surface area (Å²) in [4.78, 5) is 14.7. The Morgan fingerprint density at radius 1 is 0.968 bits per heavy atom. The molecule has 1 fully saturated rings. The maximum atomic E-state index is 12.8. The quantitative estimate of drug-likeness (QED) is 0.584. The van der Waals surface area contributed by atoms with E-state index in [1.807, 2.05) is 0 Å². The van der Waals surface area contributed by atoms with Gasteiger partial charge in [-0.25, -0.2) is 16.8 Å². The molecule has 0 spiro atoms. The Morgan fingerprint density at radius 2 is 1.55 bits per heavy atom. The lowest BCUT2D eigenvalue weighted by atomic mass is 10.1. The number of amides is 1. The summed E-state index contributed by atoms with van der Waals surface area (Å²) in [6, 6.07) is 14.5. The number of piperazine rings is 1. The van der Waals surface area contributed by atoms with Crippen molar-refractivity contribution in [2.45, 2.75) is 4.90 Å². The summed E-state index contributed by atoms with van der Waals surface area (Å²) in [7, 11) is -7.06. The van der Waals surface area contributed by atoms with E-state index in [0.717, 1.165) is 6.26 Å². The van der Waals surface area contributed by atoms with Crippen molar-refractivity contribution in [3.05, 3.63) is 72.8 Å². The first-order valence-electron chi connectivity index (χ1n) is 9.68. The van der Waals surface area contributed by atoms with Crippen LogP contribution in [0.4, 0.5) is 5.69 Å². The van der Waals surface area contributed by atoms with E-state index in [1.165, 1.54) is 14.7 Å². The second-order valence-corrected chi connectivity index (χ2v) is 11.0. The topological polar surface area (TPSA) is 95.1 Å². The van der Waals surface area contributed by atoms with E-state index in [4.69, 9.17) is 0 Å². The van der Waals surface area contributed by atoms with Gasteiger partial charge >= 0.3 is 0 Å². The smallest absolute Gasteiger partial charge is 0.253 e. The standard InChI is InChI=1S/C21H25N3O5S2/c1-3-13-24(30(2,26)27)19-11-9-18(10-12-19)21(25)22-14-16-23(17-15-22)31(28,29)20-7-5-4-6-8-20/h3-12H,1,13-17H2,2H3. The maximum absolute atomic E-state index is 12.8. The molecule has 1 amide bonds. The zero-order chi connectivity index (χ0) is 22.6. The van der Waals surface area contributed by atoms with Crippen molar-refractivity contribution >= 4 is 31.6 Å². The van der Waals surface area contributed by atoms with E-state index in [2.05, 4.69) is 6.58 Å². The highest BCUT2D eigenvalue weighted by Crippen LogP contribution is 2.21. The molecular weight excluding hydrogens is 438 g/mol. The SMILES string of the molecule is C=CCN(c1ccc(C(=O)N2CCN(S(=O)(=O)c3ccccc3)CC2)cc1)S(C)(=O)=O. The number of rotatable bonds is 7. The van der Waals surface area contributed by atoms with Gasteiger partial charge in [0, 0.05) is 31.7 Å². The maximum Gasteiger partial charge on any atom is 0.253 e. The molecule has 10 heteroatoms. The number of carbonyl (C=O) groups is 1. The Hall–Kier alpha value is -2.69. The molecule has 0 radical (unpaired) electrons.